The zero-order chi connectivity index (χ0) is 14.7. The molecule has 1 aromatic heterocycles. The van der Waals surface area contributed by atoms with Crippen LogP contribution < -0.4 is 10.6 Å². The van der Waals surface area contributed by atoms with E-state index in [1.165, 1.54) is 6.42 Å². The smallest absolute Gasteiger partial charge is 0.139 e. The summed E-state index contributed by atoms with van der Waals surface area (Å²) in [6.45, 7) is 10.6. The van der Waals surface area contributed by atoms with E-state index in [2.05, 4.69) is 28.6 Å². The van der Waals surface area contributed by atoms with E-state index in [1.54, 1.807) is 0 Å². The Morgan fingerprint density at radius 2 is 2.00 bits per heavy atom. The molecule has 4 nitrogen and oxygen atoms in total. The van der Waals surface area contributed by atoms with Crippen molar-refractivity contribution >= 4 is 23.0 Å². The number of thiocarbonyl (C=S) groups is 1. The molecule has 0 amide bonds. The fourth-order valence-electron chi connectivity index (χ4n) is 2.61. The third-order valence-electron chi connectivity index (χ3n) is 4.11. The van der Waals surface area contributed by atoms with Gasteiger partial charge in [0.25, 0.3) is 0 Å². The van der Waals surface area contributed by atoms with Crippen LogP contribution in [0.15, 0.2) is 12.1 Å². The number of aryl methyl sites for hydroxylation is 1. The standard InChI is InChI=1S/C15H24N4S/c1-4-12(3)18-7-9-19(10-8-18)15-13(14(16)20)6-5-11(2)17-15/h5-6,12H,4,7-10H2,1-3H3,(H2,16,20). The monoisotopic (exact) mass is 292 g/mol. The molecule has 0 radical (unpaired) electrons. The van der Waals surface area contributed by atoms with Crippen LogP contribution in [-0.4, -0.2) is 47.1 Å². The lowest BCUT2D eigenvalue weighted by atomic mass is 10.1. The second kappa shape index (κ2) is 6.50. The van der Waals surface area contributed by atoms with E-state index in [1.807, 2.05) is 19.1 Å². The van der Waals surface area contributed by atoms with Crippen LogP contribution in [0, 0.1) is 6.92 Å². The Morgan fingerprint density at radius 3 is 2.55 bits per heavy atom. The second-order valence-electron chi connectivity index (χ2n) is 5.47. The summed E-state index contributed by atoms with van der Waals surface area (Å²) in [7, 11) is 0. The van der Waals surface area contributed by atoms with Crippen LogP contribution in [0.3, 0.4) is 0 Å². The van der Waals surface area contributed by atoms with Crippen LogP contribution in [0.25, 0.3) is 0 Å². The molecule has 0 aliphatic carbocycles. The second-order valence-corrected chi connectivity index (χ2v) is 5.91. The van der Waals surface area contributed by atoms with Crippen molar-refractivity contribution in [2.45, 2.75) is 33.2 Å². The van der Waals surface area contributed by atoms with E-state index >= 15 is 0 Å². The van der Waals surface area contributed by atoms with E-state index in [0.29, 0.717) is 11.0 Å². The van der Waals surface area contributed by atoms with Gasteiger partial charge in [0.1, 0.15) is 10.8 Å². The predicted octanol–water partition coefficient (Wildman–Crippen LogP) is 1.94. The topological polar surface area (TPSA) is 45.4 Å². The van der Waals surface area contributed by atoms with Crippen molar-refractivity contribution in [1.82, 2.24) is 9.88 Å². The number of rotatable bonds is 4. The van der Waals surface area contributed by atoms with Crippen molar-refractivity contribution in [1.29, 1.82) is 0 Å². The third kappa shape index (κ3) is 3.27. The molecule has 1 atom stereocenters. The number of aromatic nitrogens is 1. The van der Waals surface area contributed by atoms with Crippen molar-refractivity contribution in [3.05, 3.63) is 23.4 Å². The van der Waals surface area contributed by atoms with Gasteiger partial charge in [-0.3, -0.25) is 4.90 Å². The van der Waals surface area contributed by atoms with Gasteiger partial charge in [-0.1, -0.05) is 19.1 Å². The molecule has 1 fully saturated rings. The van der Waals surface area contributed by atoms with E-state index in [-0.39, 0.29) is 0 Å². The summed E-state index contributed by atoms with van der Waals surface area (Å²) in [5, 5.41) is 0. The van der Waals surface area contributed by atoms with Gasteiger partial charge in [-0.25, -0.2) is 4.98 Å². The van der Waals surface area contributed by atoms with Gasteiger partial charge < -0.3 is 10.6 Å². The number of hydrogen-bond donors (Lipinski definition) is 1. The number of anilines is 1. The molecule has 0 saturated carbocycles. The summed E-state index contributed by atoms with van der Waals surface area (Å²) in [6.07, 6.45) is 1.20. The molecule has 5 heteroatoms. The molecule has 0 bridgehead atoms. The first kappa shape index (κ1) is 15.2. The highest BCUT2D eigenvalue weighted by Crippen LogP contribution is 2.21. The van der Waals surface area contributed by atoms with Crippen LogP contribution in [-0.2, 0) is 0 Å². The highest BCUT2D eigenvalue weighted by atomic mass is 32.1. The number of pyridine rings is 1. The number of piperazine rings is 1. The summed E-state index contributed by atoms with van der Waals surface area (Å²) in [5.41, 5.74) is 7.72. The molecule has 20 heavy (non-hydrogen) atoms. The van der Waals surface area contributed by atoms with Gasteiger partial charge in [0.15, 0.2) is 0 Å². The summed E-state index contributed by atoms with van der Waals surface area (Å²) >= 11 is 5.15. The molecule has 2 heterocycles. The molecule has 0 aromatic carbocycles. The van der Waals surface area contributed by atoms with Crippen molar-refractivity contribution in [3.63, 3.8) is 0 Å². The van der Waals surface area contributed by atoms with Crippen LogP contribution in [0.4, 0.5) is 5.82 Å². The molecule has 0 spiro atoms. The molecule has 1 aliphatic heterocycles. The highest BCUT2D eigenvalue weighted by Gasteiger charge is 2.23. The quantitative estimate of drug-likeness (QED) is 0.859. The average molecular weight is 292 g/mol. The Balaban J connectivity index is 2.14. The first-order valence-electron chi connectivity index (χ1n) is 7.29. The molecule has 1 aromatic rings. The Bertz CT molecular complexity index is 481. The molecule has 1 unspecified atom stereocenters. The molecular weight excluding hydrogens is 268 g/mol. The molecule has 110 valence electrons. The van der Waals surface area contributed by atoms with Gasteiger partial charge in [-0.2, -0.15) is 0 Å². The van der Waals surface area contributed by atoms with Gasteiger partial charge in [-0.05, 0) is 32.4 Å². The Labute approximate surface area is 127 Å². The first-order chi connectivity index (χ1) is 9.52. The molecule has 2 rings (SSSR count). The minimum atomic E-state index is 0.428. The van der Waals surface area contributed by atoms with E-state index in [0.717, 1.165) is 43.3 Å². The Kier molecular flexibility index (Phi) is 4.94. The van der Waals surface area contributed by atoms with E-state index in [9.17, 15) is 0 Å². The van der Waals surface area contributed by atoms with Crippen LogP contribution in [0.1, 0.15) is 31.5 Å². The van der Waals surface area contributed by atoms with Gasteiger partial charge >= 0.3 is 0 Å². The van der Waals surface area contributed by atoms with Crippen molar-refractivity contribution in [2.75, 3.05) is 31.1 Å². The van der Waals surface area contributed by atoms with E-state index < -0.39 is 0 Å². The van der Waals surface area contributed by atoms with Gasteiger partial charge in [0, 0.05) is 37.9 Å². The van der Waals surface area contributed by atoms with Crippen molar-refractivity contribution < 1.29 is 0 Å². The van der Waals surface area contributed by atoms with Crippen LogP contribution >= 0.6 is 12.2 Å². The third-order valence-corrected chi connectivity index (χ3v) is 4.33. The molecule has 2 N–H and O–H groups in total. The minimum absolute atomic E-state index is 0.428. The summed E-state index contributed by atoms with van der Waals surface area (Å²) in [6, 6.07) is 4.60. The maximum absolute atomic E-state index is 5.82. The van der Waals surface area contributed by atoms with E-state index in [4.69, 9.17) is 18.0 Å². The largest absolute Gasteiger partial charge is 0.389 e. The molecule has 1 aliphatic rings. The number of nitrogens with two attached hydrogens (primary N) is 1. The number of nitrogens with zero attached hydrogens (tertiary/aromatic N) is 3. The Hall–Kier alpha value is -1.20. The lowest BCUT2D eigenvalue weighted by Gasteiger charge is -2.39. The summed E-state index contributed by atoms with van der Waals surface area (Å²) in [4.78, 5) is 9.92. The first-order valence-corrected chi connectivity index (χ1v) is 7.70. The predicted molar refractivity (Wildman–Crippen MR) is 88.4 cm³/mol. The van der Waals surface area contributed by atoms with Gasteiger partial charge in [-0.15, -0.1) is 0 Å². The maximum atomic E-state index is 5.82. The zero-order valence-corrected chi connectivity index (χ0v) is 13.4. The summed E-state index contributed by atoms with van der Waals surface area (Å²) < 4.78 is 0. The lowest BCUT2D eigenvalue weighted by Crippen LogP contribution is -2.50. The number of hydrogen-bond acceptors (Lipinski definition) is 4. The average Bonchev–Trinajstić information content (AvgIpc) is 2.46. The fourth-order valence-corrected chi connectivity index (χ4v) is 2.77. The van der Waals surface area contributed by atoms with Gasteiger partial charge in [0.05, 0.1) is 5.56 Å². The highest BCUT2D eigenvalue weighted by molar-refractivity contribution is 7.80. The summed E-state index contributed by atoms with van der Waals surface area (Å²) in [5.74, 6) is 0.946. The SMILES string of the molecule is CCC(C)N1CCN(c2nc(C)ccc2C(N)=S)CC1. The van der Waals surface area contributed by atoms with Crippen molar-refractivity contribution in [3.8, 4) is 0 Å². The van der Waals surface area contributed by atoms with Gasteiger partial charge in [0.2, 0.25) is 0 Å². The Morgan fingerprint density at radius 1 is 1.35 bits per heavy atom. The van der Waals surface area contributed by atoms with Crippen LogP contribution in [0.5, 0.6) is 0 Å². The minimum Gasteiger partial charge on any atom is -0.389 e. The van der Waals surface area contributed by atoms with Crippen molar-refractivity contribution in [2.24, 2.45) is 5.73 Å². The maximum Gasteiger partial charge on any atom is 0.139 e. The molecular formula is C15H24N4S. The molecule has 1 saturated heterocycles. The normalized spacial score (nSPS) is 18.1. The fraction of sp³-hybridized carbons (Fsp3) is 0.600. The lowest BCUT2D eigenvalue weighted by molar-refractivity contribution is 0.192. The van der Waals surface area contributed by atoms with Crippen LogP contribution in [0.2, 0.25) is 0 Å². The zero-order valence-electron chi connectivity index (χ0n) is 12.6.